The second kappa shape index (κ2) is 2.83. The fraction of sp³-hybridized carbons (Fsp3) is 0.200. The van der Waals surface area contributed by atoms with Gasteiger partial charge in [-0.25, -0.2) is 4.98 Å². The Bertz CT molecular complexity index is 557. The molecule has 0 atom stereocenters. The van der Waals surface area contributed by atoms with Gasteiger partial charge in [-0.2, -0.15) is 0 Å². The molecular weight excluding hydrogens is 178 g/mol. The summed E-state index contributed by atoms with van der Waals surface area (Å²) in [5.41, 5.74) is 7.66. The minimum absolute atomic E-state index is 0.104. The lowest BCUT2D eigenvalue weighted by atomic mass is 10.1. The Kier molecular flexibility index (Phi) is 1.77. The number of nitrogens with two attached hydrogens (primary N) is 1. The Labute approximate surface area is 80.8 Å². The fourth-order valence-corrected chi connectivity index (χ4v) is 1.45. The van der Waals surface area contributed by atoms with Crippen molar-refractivity contribution < 1.29 is 0 Å². The molecule has 14 heavy (non-hydrogen) atoms. The van der Waals surface area contributed by atoms with Gasteiger partial charge in [0.25, 0.3) is 5.56 Å². The van der Waals surface area contributed by atoms with Crippen molar-refractivity contribution in [2.75, 3.05) is 5.73 Å². The highest BCUT2D eigenvalue weighted by atomic mass is 16.1. The first-order chi connectivity index (χ1) is 6.59. The molecule has 0 bridgehead atoms. The van der Waals surface area contributed by atoms with Crippen LogP contribution in [0.1, 0.15) is 11.1 Å². The lowest BCUT2D eigenvalue weighted by molar-refractivity contribution is 1.16. The summed E-state index contributed by atoms with van der Waals surface area (Å²) < 4.78 is 0. The number of nitrogens with one attached hydrogen (secondary N) is 1. The smallest absolute Gasteiger partial charge is 0.252 e. The third kappa shape index (κ3) is 1.16. The third-order valence-corrected chi connectivity index (χ3v) is 2.46. The molecule has 0 aliphatic rings. The van der Waals surface area contributed by atoms with E-state index in [-0.39, 0.29) is 5.56 Å². The molecule has 72 valence electrons. The maximum atomic E-state index is 11.4. The lowest BCUT2D eigenvalue weighted by Gasteiger charge is -2.04. The number of H-pyrrole nitrogens is 1. The largest absolute Gasteiger partial charge is 0.384 e. The normalized spacial score (nSPS) is 10.7. The summed E-state index contributed by atoms with van der Waals surface area (Å²) >= 11 is 0. The molecule has 2 heterocycles. The van der Waals surface area contributed by atoms with Crippen molar-refractivity contribution in [3.05, 3.63) is 33.6 Å². The van der Waals surface area contributed by atoms with Crippen LogP contribution in [-0.2, 0) is 0 Å². The molecule has 2 aromatic heterocycles. The van der Waals surface area contributed by atoms with Crippen molar-refractivity contribution in [1.29, 1.82) is 0 Å². The van der Waals surface area contributed by atoms with Crippen molar-refractivity contribution in [3.63, 3.8) is 0 Å². The Morgan fingerprint density at radius 2 is 2.00 bits per heavy atom. The van der Waals surface area contributed by atoms with Gasteiger partial charge >= 0.3 is 0 Å². The molecule has 3 N–H and O–H groups in total. The predicted octanol–water partition coefficient (Wildman–Crippen LogP) is 1.12. The molecule has 0 amide bonds. The van der Waals surface area contributed by atoms with Gasteiger partial charge in [-0.3, -0.25) is 4.79 Å². The molecule has 4 nitrogen and oxygen atoms in total. The number of aromatic amines is 1. The number of nitrogens with zero attached hydrogens (tertiary/aromatic N) is 1. The van der Waals surface area contributed by atoms with Crippen LogP contribution in [0.3, 0.4) is 0 Å². The minimum atomic E-state index is -0.104. The lowest BCUT2D eigenvalue weighted by Crippen LogP contribution is -2.12. The second-order valence-electron chi connectivity index (χ2n) is 3.34. The fourth-order valence-electron chi connectivity index (χ4n) is 1.45. The van der Waals surface area contributed by atoms with Crippen LogP contribution in [0.4, 0.5) is 5.82 Å². The Balaban J connectivity index is 2.98. The van der Waals surface area contributed by atoms with Gasteiger partial charge in [-0.1, -0.05) is 0 Å². The van der Waals surface area contributed by atoms with E-state index in [1.807, 2.05) is 13.0 Å². The highest BCUT2D eigenvalue weighted by Gasteiger charge is 2.05. The van der Waals surface area contributed by atoms with Gasteiger partial charge < -0.3 is 10.7 Å². The van der Waals surface area contributed by atoms with E-state index in [1.165, 1.54) is 0 Å². The molecular formula is C10H11N3O. The molecule has 0 fully saturated rings. The third-order valence-electron chi connectivity index (χ3n) is 2.46. The zero-order valence-corrected chi connectivity index (χ0v) is 8.09. The molecule has 0 aromatic carbocycles. The number of nitrogen functional groups attached to an aromatic ring is 1. The van der Waals surface area contributed by atoms with Gasteiger partial charge in [-0.15, -0.1) is 0 Å². The Hall–Kier alpha value is -1.84. The van der Waals surface area contributed by atoms with Crippen LogP contribution in [0.15, 0.2) is 16.9 Å². The number of hydrogen-bond acceptors (Lipinski definition) is 3. The average molecular weight is 189 g/mol. The average Bonchev–Trinajstić information content (AvgIpc) is 2.14. The van der Waals surface area contributed by atoms with E-state index >= 15 is 0 Å². The second-order valence-corrected chi connectivity index (χ2v) is 3.34. The number of hydrogen-bond donors (Lipinski definition) is 2. The number of pyridine rings is 2. The van der Waals surface area contributed by atoms with Crippen molar-refractivity contribution in [2.24, 2.45) is 0 Å². The van der Waals surface area contributed by atoms with E-state index < -0.39 is 0 Å². The monoisotopic (exact) mass is 189 g/mol. The van der Waals surface area contributed by atoms with Crippen LogP contribution in [0, 0.1) is 13.8 Å². The minimum Gasteiger partial charge on any atom is -0.384 e. The van der Waals surface area contributed by atoms with Crippen molar-refractivity contribution >= 4 is 16.9 Å². The van der Waals surface area contributed by atoms with Crippen LogP contribution in [0.5, 0.6) is 0 Å². The molecule has 2 aromatic rings. The standard InChI is InChI=1S/C10H11N3O/c1-5-6(2)10(14)13-9-7(5)3-4-8(11)12-9/h3-4H,1-2H3,(H3,11,12,13,14). The molecule has 0 saturated heterocycles. The number of rotatable bonds is 0. The highest BCUT2D eigenvalue weighted by molar-refractivity contribution is 5.80. The van der Waals surface area contributed by atoms with Gasteiger partial charge in [0.1, 0.15) is 11.5 Å². The van der Waals surface area contributed by atoms with Crippen molar-refractivity contribution in [2.45, 2.75) is 13.8 Å². The van der Waals surface area contributed by atoms with Crippen LogP contribution < -0.4 is 11.3 Å². The summed E-state index contributed by atoms with van der Waals surface area (Å²) in [5, 5.41) is 0.941. The number of aryl methyl sites for hydroxylation is 1. The zero-order chi connectivity index (χ0) is 10.3. The summed E-state index contributed by atoms with van der Waals surface area (Å²) in [5.74, 6) is 0.413. The zero-order valence-electron chi connectivity index (χ0n) is 8.09. The van der Waals surface area contributed by atoms with E-state index in [0.717, 1.165) is 16.5 Å². The van der Waals surface area contributed by atoms with Crippen molar-refractivity contribution in [1.82, 2.24) is 9.97 Å². The summed E-state index contributed by atoms with van der Waals surface area (Å²) in [7, 11) is 0. The van der Waals surface area contributed by atoms with E-state index in [4.69, 9.17) is 5.73 Å². The first-order valence-corrected chi connectivity index (χ1v) is 4.35. The Morgan fingerprint density at radius 1 is 1.29 bits per heavy atom. The quantitative estimate of drug-likeness (QED) is 0.652. The molecule has 0 unspecified atom stereocenters. The first-order valence-electron chi connectivity index (χ1n) is 4.35. The Morgan fingerprint density at radius 3 is 2.71 bits per heavy atom. The maximum absolute atomic E-state index is 11.4. The summed E-state index contributed by atoms with van der Waals surface area (Å²) in [4.78, 5) is 18.2. The van der Waals surface area contributed by atoms with E-state index in [0.29, 0.717) is 11.5 Å². The number of aromatic nitrogens is 2. The number of fused-ring (bicyclic) bond motifs is 1. The van der Waals surface area contributed by atoms with Gasteiger partial charge in [0.2, 0.25) is 0 Å². The van der Waals surface area contributed by atoms with Gasteiger partial charge in [0.05, 0.1) is 0 Å². The highest BCUT2D eigenvalue weighted by Crippen LogP contribution is 2.15. The topological polar surface area (TPSA) is 71.8 Å². The summed E-state index contributed by atoms with van der Waals surface area (Å²) in [6.45, 7) is 3.70. The van der Waals surface area contributed by atoms with Gasteiger partial charge in [-0.05, 0) is 31.5 Å². The van der Waals surface area contributed by atoms with Gasteiger partial charge in [0.15, 0.2) is 0 Å². The van der Waals surface area contributed by atoms with Crippen LogP contribution in [0.2, 0.25) is 0 Å². The molecule has 0 aliphatic carbocycles. The maximum Gasteiger partial charge on any atom is 0.252 e. The van der Waals surface area contributed by atoms with Crippen molar-refractivity contribution in [3.8, 4) is 0 Å². The molecule has 4 heteroatoms. The van der Waals surface area contributed by atoms with Gasteiger partial charge in [0, 0.05) is 10.9 Å². The predicted molar refractivity (Wildman–Crippen MR) is 56.3 cm³/mol. The molecule has 2 rings (SSSR count). The number of anilines is 1. The first kappa shape index (κ1) is 8.74. The van der Waals surface area contributed by atoms with E-state index in [2.05, 4.69) is 9.97 Å². The van der Waals surface area contributed by atoms with Crippen LogP contribution in [-0.4, -0.2) is 9.97 Å². The molecule has 0 aliphatic heterocycles. The van der Waals surface area contributed by atoms with E-state index in [1.54, 1.807) is 13.0 Å². The summed E-state index contributed by atoms with van der Waals surface area (Å²) in [6, 6.07) is 3.60. The van der Waals surface area contributed by atoms with Crippen LogP contribution >= 0.6 is 0 Å². The van der Waals surface area contributed by atoms with Crippen LogP contribution in [0.25, 0.3) is 11.0 Å². The molecule has 0 radical (unpaired) electrons. The molecule has 0 saturated carbocycles. The van der Waals surface area contributed by atoms with E-state index in [9.17, 15) is 4.79 Å². The SMILES string of the molecule is Cc1c(C)c2ccc(N)nc2[nH]c1=O. The molecule has 0 spiro atoms. The summed E-state index contributed by atoms with van der Waals surface area (Å²) in [6.07, 6.45) is 0.